The van der Waals surface area contributed by atoms with Crippen molar-refractivity contribution in [3.05, 3.63) is 0 Å². The number of hydrogen-bond acceptors (Lipinski definition) is 10. The van der Waals surface area contributed by atoms with Crippen LogP contribution in [0.15, 0.2) is 0 Å². The van der Waals surface area contributed by atoms with Crippen LogP contribution in [0.4, 0.5) is 0 Å². The zero-order valence-corrected chi connectivity index (χ0v) is 21.6. The summed E-state index contributed by atoms with van der Waals surface area (Å²) in [5.41, 5.74) is -5.30. The molecule has 34 heavy (non-hydrogen) atoms. The lowest BCUT2D eigenvalue weighted by atomic mass is 9.57. The number of ether oxygens (including phenoxy) is 1. The highest BCUT2D eigenvalue weighted by Crippen LogP contribution is 2.47. The van der Waals surface area contributed by atoms with Crippen molar-refractivity contribution in [2.75, 3.05) is 27.7 Å². The molecule has 0 amide bonds. The van der Waals surface area contributed by atoms with E-state index in [1.54, 1.807) is 6.92 Å². The molecule has 0 bridgehead atoms. The number of carbonyl (C=O) groups is 4. The number of aliphatic carboxylic acids is 1. The summed E-state index contributed by atoms with van der Waals surface area (Å²) in [5.74, 6) is -4.79. The van der Waals surface area contributed by atoms with Gasteiger partial charge in [-0.1, -0.05) is 20.3 Å². The van der Waals surface area contributed by atoms with E-state index in [-0.39, 0.29) is 5.92 Å². The van der Waals surface area contributed by atoms with Crippen LogP contribution in [0.5, 0.6) is 0 Å². The zero-order chi connectivity index (χ0) is 26.9. The first-order chi connectivity index (χ1) is 15.7. The van der Waals surface area contributed by atoms with Gasteiger partial charge in [0.15, 0.2) is 11.6 Å². The van der Waals surface area contributed by atoms with Crippen molar-refractivity contribution >= 4 is 23.5 Å². The van der Waals surface area contributed by atoms with Crippen LogP contribution in [0.25, 0.3) is 0 Å². The average molecular weight is 490 g/mol. The highest BCUT2D eigenvalue weighted by molar-refractivity contribution is 6.16. The van der Waals surface area contributed by atoms with Crippen molar-refractivity contribution in [1.29, 1.82) is 0 Å². The molecule has 0 radical (unpaired) electrons. The minimum atomic E-state index is -2.78. The van der Waals surface area contributed by atoms with Gasteiger partial charge in [-0.05, 0) is 54.3 Å². The molecule has 0 aliphatic heterocycles. The summed E-state index contributed by atoms with van der Waals surface area (Å²) in [4.78, 5) is 53.9. The molecule has 4 unspecified atom stereocenters. The molecule has 11 nitrogen and oxygen atoms in total. The van der Waals surface area contributed by atoms with Crippen molar-refractivity contribution < 1.29 is 39.2 Å². The van der Waals surface area contributed by atoms with E-state index < -0.39 is 78.2 Å². The van der Waals surface area contributed by atoms with Gasteiger partial charge >= 0.3 is 11.9 Å². The predicted octanol–water partition coefficient (Wildman–Crippen LogP) is -0.519. The second-order valence-electron chi connectivity index (χ2n) is 9.04. The average Bonchev–Trinajstić information content (AvgIpc) is 2.75. The lowest BCUT2D eigenvalue weighted by Crippen LogP contribution is -2.71. The largest absolute Gasteiger partial charge is 0.478 e. The minimum Gasteiger partial charge on any atom is -0.478 e. The van der Waals surface area contributed by atoms with Crippen molar-refractivity contribution in [1.82, 2.24) is 16.0 Å². The zero-order valence-electron chi connectivity index (χ0n) is 21.6. The van der Waals surface area contributed by atoms with Crippen LogP contribution in [0.2, 0.25) is 0 Å². The maximum atomic E-state index is 14.3. The molecule has 0 fully saturated rings. The van der Waals surface area contributed by atoms with Gasteiger partial charge in [0.1, 0.15) is 5.41 Å². The summed E-state index contributed by atoms with van der Waals surface area (Å²) in [6, 6.07) is -2.03. The van der Waals surface area contributed by atoms with Gasteiger partial charge < -0.3 is 36.0 Å². The number of carboxylic acid groups (broad SMARTS) is 1. The monoisotopic (exact) mass is 489 g/mol. The molecule has 6 N–H and O–H groups in total. The van der Waals surface area contributed by atoms with Crippen LogP contribution < -0.4 is 16.0 Å². The molecule has 7 atom stereocenters. The molecule has 11 heteroatoms. The Balaban J connectivity index is 7.68. The van der Waals surface area contributed by atoms with E-state index in [0.717, 1.165) is 0 Å². The molecular formula is C23H43N3O8. The van der Waals surface area contributed by atoms with Crippen LogP contribution in [0.3, 0.4) is 0 Å². The van der Waals surface area contributed by atoms with Gasteiger partial charge in [-0.25, -0.2) is 4.79 Å². The van der Waals surface area contributed by atoms with E-state index >= 15 is 0 Å². The van der Waals surface area contributed by atoms with Crippen molar-refractivity contribution in [3.63, 3.8) is 0 Å². The summed E-state index contributed by atoms with van der Waals surface area (Å²) < 4.78 is 5.49. The summed E-state index contributed by atoms with van der Waals surface area (Å²) in [5, 5.41) is 39.4. The predicted molar refractivity (Wildman–Crippen MR) is 126 cm³/mol. The fraction of sp³-hybridized carbons (Fsp3) is 0.826. The molecule has 0 aliphatic carbocycles. The van der Waals surface area contributed by atoms with Crippen LogP contribution in [0.1, 0.15) is 53.9 Å². The number of esters is 1. The number of hydrogen-bond donors (Lipinski definition) is 6. The van der Waals surface area contributed by atoms with Gasteiger partial charge in [0.25, 0.3) is 0 Å². The quantitative estimate of drug-likeness (QED) is 0.115. The van der Waals surface area contributed by atoms with Crippen molar-refractivity contribution in [2.45, 2.75) is 83.8 Å². The molecule has 0 aromatic carbocycles. The van der Waals surface area contributed by atoms with E-state index in [1.807, 2.05) is 6.92 Å². The Labute approximate surface area is 202 Å². The Morgan fingerprint density at radius 1 is 0.882 bits per heavy atom. The molecule has 0 aromatic heterocycles. The maximum absolute atomic E-state index is 14.3. The number of aliphatic hydroxyl groups excluding tert-OH is 2. The standard InChI is InChI=1S/C23H43N3O8/c1-9-13(2)18(26-8)20(31)22(10-14(3)27,19(30)16(5)25-7)23(21(32)33,11-15(4)28)34-17(29)12-24-6/h13-16,18,24-28H,9-12H2,1-8H3,(H,32,33)/t13-,14?,15?,16-,18-,22?,23?/m0/s1. The van der Waals surface area contributed by atoms with Crippen LogP contribution in [-0.2, 0) is 23.9 Å². The molecule has 198 valence electrons. The number of carbonyl (C=O) groups excluding carboxylic acids is 3. The first-order valence-electron chi connectivity index (χ1n) is 11.6. The number of Topliss-reactive ketones (excluding diaryl/α,β-unsaturated/α-hetero) is 2. The highest BCUT2D eigenvalue weighted by atomic mass is 16.6. The summed E-state index contributed by atoms with van der Waals surface area (Å²) >= 11 is 0. The SMILES string of the molecule is CC[C@H](C)[C@H](NC)C(=O)C(CC(C)O)(C(=O)[C@H](C)NC)C(CC(C)O)(OC(=O)CNC)C(=O)O. The normalized spacial score (nSPS) is 19.6. The molecule has 0 spiro atoms. The number of carboxylic acids is 1. The van der Waals surface area contributed by atoms with Gasteiger partial charge in [0.2, 0.25) is 5.60 Å². The summed E-state index contributed by atoms with van der Waals surface area (Å²) in [7, 11) is 4.42. The molecule has 0 heterocycles. The van der Waals surface area contributed by atoms with E-state index in [4.69, 9.17) is 4.74 Å². The molecule has 0 saturated carbocycles. The van der Waals surface area contributed by atoms with E-state index in [9.17, 15) is 34.5 Å². The maximum Gasteiger partial charge on any atom is 0.349 e. The van der Waals surface area contributed by atoms with E-state index in [0.29, 0.717) is 6.42 Å². The van der Waals surface area contributed by atoms with E-state index in [1.165, 1.54) is 41.9 Å². The topological polar surface area (TPSA) is 174 Å². The Bertz CT molecular complexity index is 714. The fourth-order valence-corrected chi connectivity index (χ4v) is 4.41. The van der Waals surface area contributed by atoms with E-state index in [2.05, 4.69) is 16.0 Å². The number of nitrogens with one attached hydrogen (secondary N) is 3. The number of rotatable bonds is 17. The molecular weight excluding hydrogens is 446 g/mol. The molecule has 0 saturated heterocycles. The summed E-state index contributed by atoms with van der Waals surface area (Å²) in [6.07, 6.45) is -3.53. The third-order valence-electron chi connectivity index (χ3n) is 6.30. The van der Waals surface area contributed by atoms with Crippen LogP contribution >= 0.6 is 0 Å². The van der Waals surface area contributed by atoms with Crippen molar-refractivity contribution in [2.24, 2.45) is 11.3 Å². The number of aliphatic hydroxyl groups is 2. The van der Waals surface area contributed by atoms with Crippen molar-refractivity contribution in [3.8, 4) is 0 Å². The molecule has 0 aliphatic rings. The molecule has 0 aromatic rings. The van der Waals surface area contributed by atoms with Crippen LogP contribution in [0, 0.1) is 11.3 Å². The van der Waals surface area contributed by atoms with Gasteiger partial charge in [-0.2, -0.15) is 0 Å². The second-order valence-corrected chi connectivity index (χ2v) is 9.04. The lowest BCUT2D eigenvalue weighted by molar-refractivity contribution is -0.207. The van der Waals surface area contributed by atoms with Gasteiger partial charge in [0.05, 0.1) is 30.8 Å². The Morgan fingerprint density at radius 3 is 1.76 bits per heavy atom. The van der Waals surface area contributed by atoms with Crippen LogP contribution in [-0.4, -0.2) is 96.4 Å². The Hall–Kier alpha value is -1.92. The third-order valence-corrected chi connectivity index (χ3v) is 6.30. The first-order valence-corrected chi connectivity index (χ1v) is 11.6. The minimum absolute atomic E-state index is 0.324. The lowest BCUT2D eigenvalue weighted by Gasteiger charge is -2.48. The smallest absolute Gasteiger partial charge is 0.349 e. The Morgan fingerprint density at radius 2 is 1.41 bits per heavy atom. The molecule has 0 rings (SSSR count). The Kier molecular flexibility index (Phi) is 13.1. The van der Waals surface area contributed by atoms with Gasteiger partial charge in [0, 0.05) is 6.42 Å². The first kappa shape index (κ1) is 32.1. The second kappa shape index (κ2) is 13.8. The highest BCUT2D eigenvalue weighted by Gasteiger charge is 2.69. The van der Waals surface area contributed by atoms with Gasteiger partial charge in [-0.15, -0.1) is 0 Å². The third kappa shape index (κ3) is 6.82. The fourth-order valence-electron chi connectivity index (χ4n) is 4.41. The number of ketones is 2. The summed E-state index contributed by atoms with van der Waals surface area (Å²) in [6.45, 7) is 7.25. The number of likely N-dealkylation sites (N-methyl/N-ethyl adjacent to an activating group) is 3. The van der Waals surface area contributed by atoms with Gasteiger partial charge in [-0.3, -0.25) is 14.4 Å².